The van der Waals surface area contributed by atoms with Crippen LogP contribution in [0.3, 0.4) is 0 Å². The van der Waals surface area contributed by atoms with Crippen molar-refractivity contribution in [1.82, 2.24) is 10.6 Å². The maximum absolute atomic E-state index is 11.5. The average Bonchev–Trinajstić information content (AvgIpc) is 3.22. The van der Waals surface area contributed by atoms with E-state index >= 15 is 0 Å². The van der Waals surface area contributed by atoms with E-state index in [2.05, 4.69) is 10.6 Å². The standard InChI is InChI=1S/C15H28N2O2/c18-15(12-16-11-13-7-8-13)17-9-10-19-14-5-3-1-2-4-6-14/h13-14,16H,1-12H2,(H,17,18). The fourth-order valence-corrected chi connectivity index (χ4v) is 2.60. The summed E-state index contributed by atoms with van der Waals surface area (Å²) >= 11 is 0. The molecule has 0 aliphatic heterocycles. The van der Waals surface area contributed by atoms with Gasteiger partial charge in [0.25, 0.3) is 0 Å². The first-order chi connectivity index (χ1) is 9.34. The maximum Gasteiger partial charge on any atom is 0.234 e. The third-order valence-corrected chi connectivity index (χ3v) is 4.00. The number of hydrogen-bond donors (Lipinski definition) is 2. The van der Waals surface area contributed by atoms with Crippen molar-refractivity contribution in [1.29, 1.82) is 0 Å². The first-order valence-electron chi connectivity index (χ1n) is 7.93. The van der Waals surface area contributed by atoms with Gasteiger partial charge in [-0.1, -0.05) is 25.7 Å². The molecule has 2 N–H and O–H groups in total. The zero-order valence-electron chi connectivity index (χ0n) is 12.0. The number of ether oxygens (including phenoxy) is 1. The zero-order valence-corrected chi connectivity index (χ0v) is 12.0. The fourth-order valence-electron chi connectivity index (χ4n) is 2.60. The van der Waals surface area contributed by atoms with E-state index in [4.69, 9.17) is 4.74 Å². The molecule has 0 spiro atoms. The van der Waals surface area contributed by atoms with Gasteiger partial charge in [-0.05, 0) is 38.1 Å². The molecule has 2 rings (SSSR count). The van der Waals surface area contributed by atoms with Crippen LogP contribution in [0, 0.1) is 5.92 Å². The van der Waals surface area contributed by atoms with Gasteiger partial charge in [0.2, 0.25) is 5.91 Å². The summed E-state index contributed by atoms with van der Waals surface area (Å²) in [6.07, 6.45) is 10.7. The highest BCUT2D eigenvalue weighted by atomic mass is 16.5. The summed E-state index contributed by atoms with van der Waals surface area (Å²) in [7, 11) is 0. The molecule has 0 unspecified atom stereocenters. The summed E-state index contributed by atoms with van der Waals surface area (Å²) < 4.78 is 5.83. The van der Waals surface area contributed by atoms with Crippen molar-refractivity contribution in [3.8, 4) is 0 Å². The van der Waals surface area contributed by atoms with Gasteiger partial charge in [-0.15, -0.1) is 0 Å². The topological polar surface area (TPSA) is 50.4 Å². The van der Waals surface area contributed by atoms with Crippen LogP contribution in [-0.2, 0) is 9.53 Å². The van der Waals surface area contributed by atoms with Gasteiger partial charge < -0.3 is 15.4 Å². The van der Waals surface area contributed by atoms with Crippen molar-refractivity contribution in [3.05, 3.63) is 0 Å². The van der Waals surface area contributed by atoms with Crippen molar-refractivity contribution in [3.63, 3.8) is 0 Å². The SMILES string of the molecule is O=C(CNCC1CC1)NCCOC1CCCCCC1. The largest absolute Gasteiger partial charge is 0.376 e. The Morgan fingerprint density at radius 1 is 1.05 bits per heavy atom. The molecule has 4 nitrogen and oxygen atoms in total. The van der Waals surface area contributed by atoms with Crippen molar-refractivity contribution in [2.45, 2.75) is 57.5 Å². The highest BCUT2D eigenvalue weighted by molar-refractivity contribution is 5.77. The summed E-state index contributed by atoms with van der Waals surface area (Å²) in [6, 6.07) is 0. The maximum atomic E-state index is 11.5. The monoisotopic (exact) mass is 268 g/mol. The van der Waals surface area contributed by atoms with Crippen LogP contribution in [0.15, 0.2) is 0 Å². The molecule has 19 heavy (non-hydrogen) atoms. The molecule has 1 amide bonds. The molecule has 2 fully saturated rings. The van der Waals surface area contributed by atoms with Gasteiger partial charge in [0.05, 0.1) is 19.3 Å². The van der Waals surface area contributed by atoms with E-state index in [0.717, 1.165) is 12.5 Å². The van der Waals surface area contributed by atoms with E-state index in [9.17, 15) is 4.79 Å². The van der Waals surface area contributed by atoms with E-state index < -0.39 is 0 Å². The zero-order chi connectivity index (χ0) is 13.3. The van der Waals surface area contributed by atoms with Crippen LogP contribution in [0.4, 0.5) is 0 Å². The number of hydrogen-bond acceptors (Lipinski definition) is 3. The molecule has 0 aromatic carbocycles. The van der Waals surface area contributed by atoms with Gasteiger partial charge in [0, 0.05) is 6.54 Å². The molecule has 0 atom stereocenters. The van der Waals surface area contributed by atoms with Crippen LogP contribution < -0.4 is 10.6 Å². The molecule has 110 valence electrons. The lowest BCUT2D eigenvalue weighted by molar-refractivity contribution is -0.120. The van der Waals surface area contributed by atoms with Gasteiger partial charge in [-0.2, -0.15) is 0 Å². The summed E-state index contributed by atoms with van der Waals surface area (Å²) in [6.45, 7) is 2.73. The predicted octanol–water partition coefficient (Wildman–Crippen LogP) is 1.84. The van der Waals surface area contributed by atoms with E-state index in [0.29, 0.717) is 25.8 Å². The van der Waals surface area contributed by atoms with Crippen LogP contribution in [-0.4, -0.2) is 38.3 Å². The first kappa shape index (κ1) is 14.8. The number of amides is 1. The normalized spacial score (nSPS) is 21.1. The molecular weight excluding hydrogens is 240 g/mol. The molecule has 0 saturated heterocycles. The Labute approximate surface area is 116 Å². The highest BCUT2D eigenvalue weighted by Gasteiger charge is 2.20. The summed E-state index contributed by atoms with van der Waals surface area (Å²) in [5.41, 5.74) is 0. The molecule has 0 heterocycles. The van der Waals surface area contributed by atoms with Crippen molar-refractivity contribution >= 4 is 5.91 Å². The Morgan fingerprint density at radius 3 is 2.47 bits per heavy atom. The van der Waals surface area contributed by atoms with E-state index in [-0.39, 0.29) is 5.91 Å². The van der Waals surface area contributed by atoms with Crippen LogP contribution >= 0.6 is 0 Å². The molecule has 0 radical (unpaired) electrons. The first-order valence-corrected chi connectivity index (χ1v) is 7.93. The summed E-state index contributed by atoms with van der Waals surface area (Å²) in [5, 5.41) is 6.10. The second kappa shape index (κ2) is 8.54. The Kier molecular flexibility index (Phi) is 6.65. The third kappa shape index (κ3) is 6.92. The second-order valence-corrected chi connectivity index (χ2v) is 5.91. The number of rotatable bonds is 8. The van der Waals surface area contributed by atoms with Gasteiger partial charge in [-0.3, -0.25) is 4.79 Å². The number of nitrogens with one attached hydrogen (secondary N) is 2. The molecular formula is C15H28N2O2. The fraction of sp³-hybridized carbons (Fsp3) is 0.933. The van der Waals surface area contributed by atoms with E-state index in [1.807, 2.05) is 0 Å². The second-order valence-electron chi connectivity index (χ2n) is 5.91. The van der Waals surface area contributed by atoms with Gasteiger partial charge >= 0.3 is 0 Å². The minimum absolute atomic E-state index is 0.0881. The molecule has 4 heteroatoms. The van der Waals surface area contributed by atoms with Crippen molar-refractivity contribution in [2.75, 3.05) is 26.2 Å². The van der Waals surface area contributed by atoms with Gasteiger partial charge in [-0.25, -0.2) is 0 Å². The van der Waals surface area contributed by atoms with Crippen LogP contribution in [0.1, 0.15) is 51.4 Å². The van der Waals surface area contributed by atoms with Crippen molar-refractivity contribution in [2.24, 2.45) is 5.92 Å². The Morgan fingerprint density at radius 2 is 1.79 bits per heavy atom. The van der Waals surface area contributed by atoms with Crippen LogP contribution in [0.25, 0.3) is 0 Å². The van der Waals surface area contributed by atoms with E-state index in [1.165, 1.54) is 51.4 Å². The van der Waals surface area contributed by atoms with Gasteiger partial charge in [0.15, 0.2) is 0 Å². The van der Waals surface area contributed by atoms with Crippen LogP contribution in [0.2, 0.25) is 0 Å². The number of carbonyl (C=O) groups is 1. The Bertz CT molecular complexity index is 259. The molecule has 2 aliphatic carbocycles. The molecule has 0 bridgehead atoms. The van der Waals surface area contributed by atoms with Crippen LogP contribution in [0.5, 0.6) is 0 Å². The lowest BCUT2D eigenvalue weighted by Gasteiger charge is -2.15. The van der Waals surface area contributed by atoms with Crippen molar-refractivity contribution < 1.29 is 9.53 Å². The smallest absolute Gasteiger partial charge is 0.234 e. The quantitative estimate of drug-likeness (QED) is 0.522. The Hall–Kier alpha value is -0.610. The predicted molar refractivity (Wildman–Crippen MR) is 76.0 cm³/mol. The third-order valence-electron chi connectivity index (χ3n) is 4.00. The lowest BCUT2D eigenvalue weighted by Crippen LogP contribution is -2.36. The summed E-state index contributed by atoms with van der Waals surface area (Å²) in [5.74, 6) is 0.913. The minimum Gasteiger partial charge on any atom is -0.376 e. The Balaban J connectivity index is 1.42. The van der Waals surface area contributed by atoms with Gasteiger partial charge in [0.1, 0.15) is 0 Å². The number of carbonyl (C=O) groups excluding carboxylic acids is 1. The molecule has 2 saturated carbocycles. The average molecular weight is 268 g/mol. The lowest BCUT2D eigenvalue weighted by atomic mass is 10.1. The molecule has 0 aromatic rings. The van der Waals surface area contributed by atoms with E-state index in [1.54, 1.807) is 0 Å². The molecule has 0 aromatic heterocycles. The summed E-state index contributed by atoms with van der Waals surface area (Å²) in [4.78, 5) is 11.5. The molecule has 2 aliphatic rings. The highest BCUT2D eigenvalue weighted by Crippen LogP contribution is 2.27. The minimum atomic E-state index is 0.0881.